The van der Waals surface area contributed by atoms with Crippen LogP contribution in [0.5, 0.6) is 0 Å². The number of tetrazole rings is 1. The van der Waals surface area contributed by atoms with Gasteiger partial charge in [0, 0.05) is 20.3 Å². The van der Waals surface area contributed by atoms with Crippen molar-refractivity contribution in [1.29, 1.82) is 0 Å². The standard InChI is InChI=1S/C17H25N5O2S/c1-3-4-6-14-7-9-15(10-8-14)22-17(19-20-21-22)25-13-16(23)18-11-5-12-24-2/h7-10H,3-6,11-13H2,1-2H3,(H,18,23). The Morgan fingerprint density at radius 1 is 1.28 bits per heavy atom. The van der Waals surface area contributed by atoms with Crippen LogP contribution in [0.1, 0.15) is 31.7 Å². The molecular formula is C17H25N5O2S. The molecular weight excluding hydrogens is 338 g/mol. The minimum Gasteiger partial charge on any atom is -0.385 e. The van der Waals surface area contributed by atoms with Crippen LogP contribution in [-0.2, 0) is 16.0 Å². The third kappa shape index (κ3) is 6.47. The van der Waals surface area contributed by atoms with E-state index in [2.05, 4.69) is 39.9 Å². The molecule has 0 aliphatic rings. The first-order valence-electron chi connectivity index (χ1n) is 8.50. The van der Waals surface area contributed by atoms with Crippen LogP contribution in [-0.4, -0.2) is 52.1 Å². The Bertz CT molecular complexity index is 645. The highest BCUT2D eigenvalue weighted by Gasteiger charge is 2.11. The lowest BCUT2D eigenvalue weighted by molar-refractivity contribution is -0.118. The monoisotopic (exact) mass is 363 g/mol. The fourth-order valence-corrected chi connectivity index (χ4v) is 2.96. The molecule has 1 N–H and O–H groups in total. The van der Waals surface area contributed by atoms with Gasteiger partial charge in [0.15, 0.2) is 0 Å². The summed E-state index contributed by atoms with van der Waals surface area (Å²) in [4.78, 5) is 11.8. The molecule has 7 nitrogen and oxygen atoms in total. The maximum absolute atomic E-state index is 11.8. The van der Waals surface area contributed by atoms with Gasteiger partial charge in [0.05, 0.1) is 11.4 Å². The Labute approximate surface area is 152 Å². The maximum atomic E-state index is 11.8. The number of hydrogen-bond donors (Lipinski definition) is 1. The molecule has 0 aliphatic carbocycles. The molecule has 0 saturated carbocycles. The highest BCUT2D eigenvalue weighted by Crippen LogP contribution is 2.18. The summed E-state index contributed by atoms with van der Waals surface area (Å²) in [5.74, 6) is 0.243. The molecule has 0 fully saturated rings. The fourth-order valence-electron chi connectivity index (χ4n) is 2.24. The summed E-state index contributed by atoms with van der Waals surface area (Å²) in [6, 6.07) is 8.22. The second-order valence-electron chi connectivity index (χ2n) is 5.63. The Morgan fingerprint density at radius 2 is 2.08 bits per heavy atom. The van der Waals surface area contributed by atoms with Crippen molar-refractivity contribution in [1.82, 2.24) is 25.5 Å². The maximum Gasteiger partial charge on any atom is 0.230 e. The number of aromatic nitrogens is 4. The largest absolute Gasteiger partial charge is 0.385 e. The molecule has 0 unspecified atom stereocenters. The van der Waals surface area contributed by atoms with Crippen LogP contribution in [0.15, 0.2) is 29.4 Å². The Kier molecular flexibility index (Phi) is 8.41. The van der Waals surface area contributed by atoms with Gasteiger partial charge in [-0.25, -0.2) is 0 Å². The smallest absolute Gasteiger partial charge is 0.230 e. The Morgan fingerprint density at radius 3 is 2.80 bits per heavy atom. The lowest BCUT2D eigenvalue weighted by Crippen LogP contribution is -2.26. The number of carbonyl (C=O) groups is 1. The van der Waals surface area contributed by atoms with Crippen molar-refractivity contribution < 1.29 is 9.53 Å². The van der Waals surface area contributed by atoms with Crippen molar-refractivity contribution in [3.8, 4) is 5.69 Å². The summed E-state index contributed by atoms with van der Waals surface area (Å²) in [7, 11) is 1.65. The van der Waals surface area contributed by atoms with E-state index in [0.717, 1.165) is 18.5 Å². The number of carbonyl (C=O) groups excluding carboxylic acids is 1. The first kappa shape index (κ1) is 19.4. The van der Waals surface area contributed by atoms with E-state index in [1.54, 1.807) is 11.8 Å². The minimum absolute atomic E-state index is 0.0365. The SMILES string of the molecule is CCCCc1ccc(-n2nnnc2SCC(=O)NCCCOC)cc1. The molecule has 0 aliphatic heterocycles. The first-order chi connectivity index (χ1) is 12.2. The van der Waals surface area contributed by atoms with Gasteiger partial charge < -0.3 is 10.1 Å². The number of nitrogens with one attached hydrogen (secondary N) is 1. The van der Waals surface area contributed by atoms with E-state index < -0.39 is 0 Å². The zero-order valence-electron chi connectivity index (χ0n) is 14.8. The van der Waals surface area contributed by atoms with Gasteiger partial charge in [0.1, 0.15) is 0 Å². The van der Waals surface area contributed by atoms with Crippen molar-refractivity contribution in [2.24, 2.45) is 0 Å². The number of methoxy groups -OCH3 is 1. The third-order valence-corrected chi connectivity index (χ3v) is 4.54. The molecule has 2 aromatic rings. The lowest BCUT2D eigenvalue weighted by Gasteiger charge is -2.06. The average molecular weight is 363 g/mol. The number of rotatable bonds is 11. The van der Waals surface area contributed by atoms with Gasteiger partial charge in [-0.15, -0.1) is 5.10 Å². The number of ether oxygens (including phenoxy) is 1. The molecule has 0 radical (unpaired) electrons. The molecule has 0 atom stereocenters. The summed E-state index contributed by atoms with van der Waals surface area (Å²) < 4.78 is 6.61. The van der Waals surface area contributed by atoms with E-state index in [9.17, 15) is 4.79 Å². The van der Waals surface area contributed by atoms with Gasteiger partial charge in [0.2, 0.25) is 11.1 Å². The molecule has 0 saturated heterocycles. The Balaban J connectivity index is 1.88. The van der Waals surface area contributed by atoms with E-state index in [0.29, 0.717) is 18.3 Å². The Hall–Kier alpha value is -1.93. The van der Waals surface area contributed by atoms with Crippen LogP contribution in [0.4, 0.5) is 0 Å². The molecule has 1 aromatic heterocycles. The lowest BCUT2D eigenvalue weighted by atomic mass is 10.1. The molecule has 1 aromatic carbocycles. The van der Waals surface area contributed by atoms with Crippen molar-refractivity contribution in [3.63, 3.8) is 0 Å². The minimum atomic E-state index is -0.0365. The van der Waals surface area contributed by atoms with Crippen molar-refractivity contribution in [3.05, 3.63) is 29.8 Å². The van der Waals surface area contributed by atoms with Gasteiger partial charge in [-0.05, 0) is 47.4 Å². The zero-order valence-corrected chi connectivity index (χ0v) is 15.6. The van der Waals surface area contributed by atoms with Crippen molar-refractivity contribution >= 4 is 17.7 Å². The predicted octanol–water partition coefficient (Wildman–Crippen LogP) is 2.25. The summed E-state index contributed by atoms with van der Waals surface area (Å²) in [6.45, 7) is 3.43. The van der Waals surface area contributed by atoms with Crippen LogP contribution < -0.4 is 5.32 Å². The molecule has 0 spiro atoms. The number of aryl methyl sites for hydroxylation is 1. The van der Waals surface area contributed by atoms with Gasteiger partial charge >= 0.3 is 0 Å². The molecule has 1 heterocycles. The van der Waals surface area contributed by atoms with E-state index in [4.69, 9.17) is 4.74 Å². The fraction of sp³-hybridized carbons (Fsp3) is 0.529. The molecule has 0 bridgehead atoms. The van der Waals surface area contributed by atoms with Crippen LogP contribution >= 0.6 is 11.8 Å². The number of benzene rings is 1. The molecule has 1 amide bonds. The quantitative estimate of drug-likeness (QED) is 0.487. The normalized spacial score (nSPS) is 10.8. The second-order valence-corrected chi connectivity index (χ2v) is 6.57. The zero-order chi connectivity index (χ0) is 17.9. The van der Waals surface area contributed by atoms with Crippen LogP contribution in [0.2, 0.25) is 0 Å². The summed E-state index contributed by atoms with van der Waals surface area (Å²) >= 11 is 1.32. The van der Waals surface area contributed by atoms with Gasteiger partial charge in [-0.3, -0.25) is 4.79 Å². The summed E-state index contributed by atoms with van der Waals surface area (Å²) in [5.41, 5.74) is 2.21. The van der Waals surface area contributed by atoms with Crippen LogP contribution in [0, 0.1) is 0 Å². The highest BCUT2D eigenvalue weighted by molar-refractivity contribution is 7.99. The van der Waals surface area contributed by atoms with Crippen LogP contribution in [0.3, 0.4) is 0 Å². The summed E-state index contributed by atoms with van der Waals surface area (Å²) in [5, 5.41) is 15.2. The van der Waals surface area contributed by atoms with E-state index >= 15 is 0 Å². The number of nitrogens with zero attached hydrogens (tertiary/aromatic N) is 4. The van der Waals surface area contributed by atoms with E-state index in [1.165, 1.54) is 30.2 Å². The first-order valence-corrected chi connectivity index (χ1v) is 9.49. The second kappa shape index (κ2) is 10.8. The predicted molar refractivity (Wildman–Crippen MR) is 98.0 cm³/mol. The number of amides is 1. The number of hydrogen-bond acceptors (Lipinski definition) is 6. The van der Waals surface area contributed by atoms with Crippen molar-refractivity contribution in [2.45, 2.75) is 37.8 Å². The van der Waals surface area contributed by atoms with Gasteiger partial charge in [-0.1, -0.05) is 37.2 Å². The molecule has 136 valence electrons. The van der Waals surface area contributed by atoms with E-state index in [-0.39, 0.29) is 11.7 Å². The van der Waals surface area contributed by atoms with Crippen molar-refractivity contribution in [2.75, 3.05) is 26.0 Å². The van der Waals surface area contributed by atoms with E-state index in [1.807, 2.05) is 12.1 Å². The molecule has 2 rings (SSSR count). The third-order valence-electron chi connectivity index (χ3n) is 3.62. The molecule has 25 heavy (non-hydrogen) atoms. The number of unbranched alkanes of at least 4 members (excludes halogenated alkanes) is 1. The molecule has 8 heteroatoms. The van der Waals surface area contributed by atoms with Crippen LogP contribution in [0.25, 0.3) is 5.69 Å². The average Bonchev–Trinajstić information content (AvgIpc) is 3.11. The topological polar surface area (TPSA) is 81.9 Å². The van der Waals surface area contributed by atoms with Gasteiger partial charge in [-0.2, -0.15) is 4.68 Å². The highest BCUT2D eigenvalue weighted by atomic mass is 32.2. The summed E-state index contributed by atoms with van der Waals surface area (Å²) in [6.07, 6.45) is 4.25. The van der Waals surface area contributed by atoms with Gasteiger partial charge in [0.25, 0.3) is 0 Å². The number of thioether (sulfide) groups is 1.